The van der Waals surface area contributed by atoms with Crippen molar-refractivity contribution in [2.24, 2.45) is 0 Å². The molecule has 0 saturated carbocycles. The van der Waals surface area contributed by atoms with E-state index in [-0.39, 0.29) is 11.9 Å². The average molecular weight is 157 g/mol. The van der Waals surface area contributed by atoms with Crippen molar-refractivity contribution < 1.29 is 9.59 Å². The fraction of sp³-hybridized carbons (Fsp3) is 0.667. The molecule has 1 fully saturated rings. The van der Waals surface area contributed by atoms with E-state index < -0.39 is 6.04 Å². The summed E-state index contributed by atoms with van der Waals surface area (Å²) in [5.74, 6) is -0.150. The van der Waals surface area contributed by atoms with E-state index in [4.69, 9.17) is 0 Å². The standard InChI is InChI=1S/C6H11N3O2/c1-7-5(10)4-3-9(2)6(11)8-4/h4H,3H2,1-2H3,(H,7,10)(H,8,11). The minimum atomic E-state index is -0.391. The maximum absolute atomic E-state index is 11.0. The number of hydrogen-bond donors (Lipinski definition) is 2. The molecule has 0 aromatic rings. The van der Waals surface area contributed by atoms with Crippen molar-refractivity contribution in [3.8, 4) is 0 Å². The summed E-state index contributed by atoms with van der Waals surface area (Å²) in [7, 11) is 3.20. The van der Waals surface area contributed by atoms with Crippen molar-refractivity contribution in [1.82, 2.24) is 15.5 Å². The number of carbonyl (C=O) groups is 2. The van der Waals surface area contributed by atoms with Crippen molar-refractivity contribution in [2.45, 2.75) is 6.04 Å². The molecule has 0 radical (unpaired) electrons. The monoisotopic (exact) mass is 157 g/mol. The van der Waals surface area contributed by atoms with Gasteiger partial charge in [-0.15, -0.1) is 0 Å². The Kier molecular flexibility index (Phi) is 1.98. The van der Waals surface area contributed by atoms with Gasteiger partial charge >= 0.3 is 6.03 Å². The van der Waals surface area contributed by atoms with Gasteiger partial charge in [-0.2, -0.15) is 0 Å². The smallest absolute Gasteiger partial charge is 0.317 e. The summed E-state index contributed by atoms with van der Waals surface area (Å²) < 4.78 is 0. The zero-order valence-corrected chi connectivity index (χ0v) is 6.55. The van der Waals surface area contributed by atoms with Crippen LogP contribution in [0.25, 0.3) is 0 Å². The number of amides is 3. The molecule has 1 aliphatic heterocycles. The van der Waals surface area contributed by atoms with Crippen LogP contribution in [-0.2, 0) is 4.79 Å². The van der Waals surface area contributed by atoms with Crippen LogP contribution >= 0.6 is 0 Å². The first-order valence-electron chi connectivity index (χ1n) is 3.38. The van der Waals surface area contributed by atoms with Gasteiger partial charge in [0.1, 0.15) is 6.04 Å². The molecule has 1 saturated heterocycles. The second-order valence-corrected chi connectivity index (χ2v) is 2.50. The molecule has 11 heavy (non-hydrogen) atoms. The van der Waals surface area contributed by atoms with Crippen LogP contribution in [0, 0.1) is 0 Å². The van der Waals surface area contributed by atoms with Crippen molar-refractivity contribution >= 4 is 11.9 Å². The number of urea groups is 1. The molecular weight excluding hydrogens is 146 g/mol. The molecule has 0 bridgehead atoms. The Labute approximate surface area is 64.7 Å². The van der Waals surface area contributed by atoms with Gasteiger partial charge in [-0.05, 0) is 0 Å². The van der Waals surface area contributed by atoms with E-state index in [1.165, 1.54) is 4.90 Å². The molecule has 0 aliphatic carbocycles. The SMILES string of the molecule is CNC(=O)C1CN(C)C(=O)N1. The van der Waals surface area contributed by atoms with Gasteiger partial charge in [-0.25, -0.2) is 4.79 Å². The molecule has 0 aromatic heterocycles. The first kappa shape index (κ1) is 7.84. The van der Waals surface area contributed by atoms with Crippen LogP contribution in [0.4, 0.5) is 4.79 Å². The highest BCUT2D eigenvalue weighted by Gasteiger charge is 2.30. The minimum absolute atomic E-state index is 0.150. The lowest BCUT2D eigenvalue weighted by molar-refractivity contribution is -0.122. The zero-order chi connectivity index (χ0) is 8.43. The van der Waals surface area contributed by atoms with Crippen LogP contribution in [0.3, 0.4) is 0 Å². The van der Waals surface area contributed by atoms with Crippen molar-refractivity contribution in [3.05, 3.63) is 0 Å². The summed E-state index contributed by atoms with van der Waals surface area (Å²) in [6.07, 6.45) is 0. The average Bonchev–Trinajstić information content (AvgIpc) is 2.31. The topological polar surface area (TPSA) is 61.4 Å². The molecule has 0 spiro atoms. The molecule has 1 aliphatic rings. The van der Waals surface area contributed by atoms with Gasteiger partial charge in [0, 0.05) is 14.1 Å². The van der Waals surface area contributed by atoms with Crippen LogP contribution in [-0.4, -0.2) is 43.5 Å². The quantitative estimate of drug-likeness (QED) is 0.500. The fourth-order valence-electron chi connectivity index (χ4n) is 0.984. The predicted molar refractivity (Wildman–Crippen MR) is 39.0 cm³/mol. The van der Waals surface area contributed by atoms with Gasteiger partial charge in [0.15, 0.2) is 0 Å². The van der Waals surface area contributed by atoms with E-state index in [0.29, 0.717) is 6.54 Å². The summed E-state index contributed by atoms with van der Waals surface area (Å²) in [6, 6.07) is -0.587. The summed E-state index contributed by atoms with van der Waals surface area (Å²) in [4.78, 5) is 23.3. The third-order valence-corrected chi connectivity index (χ3v) is 1.66. The first-order chi connectivity index (χ1) is 5.15. The molecule has 2 N–H and O–H groups in total. The zero-order valence-electron chi connectivity index (χ0n) is 6.55. The summed E-state index contributed by atoms with van der Waals surface area (Å²) in [5.41, 5.74) is 0. The first-order valence-corrected chi connectivity index (χ1v) is 3.38. The Balaban J connectivity index is 2.53. The Morgan fingerprint density at radius 1 is 1.82 bits per heavy atom. The number of nitrogens with one attached hydrogen (secondary N) is 2. The van der Waals surface area contributed by atoms with Gasteiger partial charge in [0.2, 0.25) is 5.91 Å². The summed E-state index contributed by atoms with van der Waals surface area (Å²) in [6.45, 7) is 0.443. The molecule has 0 aromatic carbocycles. The molecule has 5 heteroatoms. The van der Waals surface area contributed by atoms with E-state index in [9.17, 15) is 9.59 Å². The maximum Gasteiger partial charge on any atom is 0.317 e. The number of nitrogens with zero attached hydrogens (tertiary/aromatic N) is 1. The summed E-state index contributed by atoms with van der Waals surface area (Å²) in [5, 5.41) is 5.00. The highest BCUT2D eigenvalue weighted by molar-refractivity contribution is 5.90. The Morgan fingerprint density at radius 3 is 2.82 bits per heavy atom. The Hall–Kier alpha value is -1.26. The molecular formula is C6H11N3O2. The lowest BCUT2D eigenvalue weighted by Crippen LogP contribution is -2.41. The van der Waals surface area contributed by atoms with Crippen molar-refractivity contribution in [1.29, 1.82) is 0 Å². The third kappa shape index (κ3) is 1.42. The molecule has 3 amide bonds. The van der Waals surface area contributed by atoms with E-state index in [2.05, 4.69) is 10.6 Å². The van der Waals surface area contributed by atoms with Crippen LogP contribution < -0.4 is 10.6 Å². The molecule has 1 heterocycles. The lowest BCUT2D eigenvalue weighted by Gasteiger charge is -2.06. The van der Waals surface area contributed by atoms with Crippen LogP contribution in [0.5, 0.6) is 0 Å². The molecule has 1 atom stereocenters. The third-order valence-electron chi connectivity index (χ3n) is 1.66. The van der Waals surface area contributed by atoms with Crippen LogP contribution in [0.1, 0.15) is 0 Å². The van der Waals surface area contributed by atoms with Crippen molar-refractivity contribution in [2.75, 3.05) is 20.6 Å². The van der Waals surface area contributed by atoms with Crippen molar-refractivity contribution in [3.63, 3.8) is 0 Å². The highest BCUT2D eigenvalue weighted by Crippen LogP contribution is 1.99. The Bertz CT molecular complexity index is 192. The minimum Gasteiger partial charge on any atom is -0.357 e. The molecule has 62 valence electrons. The van der Waals surface area contributed by atoms with Gasteiger partial charge in [-0.1, -0.05) is 0 Å². The van der Waals surface area contributed by atoms with E-state index in [1.54, 1.807) is 14.1 Å². The molecule has 1 rings (SSSR count). The fourth-order valence-corrected chi connectivity index (χ4v) is 0.984. The molecule has 5 nitrogen and oxygen atoms in total. The Morgan fingerprint density at radius 2 is 2.45 bits per heavy atom. The van der Waals surface area contributed by atoms with Gasteiger partial charge in [0.25, 0.3) is 0 Å². The van der Waals surface area contributed by atoms with Gasteiger partial charge in [0.05, 0.1) is 6.54 Å². The second kappa shape index (κ2) is 2.77. The van der Waals surface area contributed by atoms with Gasteiger partial charge < -0.3 is 15.5 Å². The number of carbonyl (C=O) groups excluding carboxylic acids is 2. The highest BCUT2D eigenvalue weighted by atomic mass is 16.2. The predicted octanol–water partition coefficient (Wildman–Crippen LogP) is -1.24. The number of hydrogen-bond acceptors (Lipinski definition) is 2. The largest absolute Gasteiger partial charge is 0.357 e. The normalized spacial score (nSPS) is 23.3. The van der Waals surface area contributed by atoms with Crippen LogP contribution in [0.2, 0.25) is 0 Å². The van der Waals surface area contributed by atoms with Crippen LogP contribution in [0.15, 0.2) is 0 Å². The van der Waals surface area contributed by atoms with E-state index in [0.717, 1.165) is 0 Å². The second-order valence-electron chi connectivity index (χ2n) is 2.50. The maximum atomic E-state index is 11.0. The van der Waals surface area contributed by atoms with E-state index in [1.807, 2.05) is 0 Å². The number of rotatable bonds is 1. The number of likely N-dealkylation sites (N-methyl/N-ethyl adjacent to an activating group) is 2. The molecule has 1 unspecified atom stereocenters. The summed E-state index contributed by atoms with van der Waals surface area (Å²) >= 11 is 0. The van der Waals surface area contributed by atoms with Gasteiger partial charge in [-0.3, -0.25) is 4.79 Å². The lowest BCUT2D eigenvalue weighted by atomic mass is 10.3. The van der Waals surface area contributed by atoms with E-state index >= 15 is 0 Å².